The van der Waals surface area contributed by atoms with Gasteiger partial charge in [-0.15, -0.1) is 0 Å². The third-order valence-corrected chi connectivity index (χ3v) is 6.11. The summed E-state index contributed by atoms with van der Waals surface area (Å²) in [5.41, 5.74) is 2.84. The standard InChI is InChI=1S/C23H25NO4/c1-14-10-12-15(13-11-14)21-20(23(27)28)16-6-2-3-7-17(16)22(26)24(21)18-8-4-5-9-19(18)25/h2-3,6-7,10-13,18-21,25H,4-5,8-9H2,1H3,(H,27,28). The monoisotopic (exact) mass is 379 g/mol. The summed E-state index contributed by atoms with van der Waals surface area (Å²) in [6, 6.07) is 13.6. The summed E-state index contributed by atoms with van der Waals surface area (Å²) >= 11 is 0. The lowest BCUT2D eigenvalue weighted by Gasteiger charge is -2.47. The Balaban J connectivity index is 1.91. The van der Waals surface area contributed by atoms with Gasteiger partial charge in [0.2, 0.25) is 0 Å². The number of hydrogen-bond acceptors (Lipinski definition) is 3. The lowest BCUT2D eigenvalue weighted by molar-refractivity contribution is -0.141. The highest BCUT2D eigenvalue weighted by molar-refractivity contribution is 6.00. The van der Waals surface area contributed by atoms with Crippen LogP contribution in [0.3, 0.4) is 0 Å². The molecule has 4 atom stereocenters. The van der Waals surface area contributed by atoms with Crippen LogP contribution in [0.4, 0.5) is 0 Å². The number of carboxylic acid groups (broad SMARTS) is 1. The number of rotatable bonds is 3. The van der Waals surface area contributed by atoms with E-state index in [1.807, 2.05) is 31.2 Å². The van der Waals surface area contributed by atoms with E-state index in [9.17, 15) is 19.8 Å². The number of carbonyl (C=O) groups is 2. The van der Waals surface area contributed by atoms with E-state index < -0.39 is 24.0 Å². The highest BCUT2D eigenvalue weighted by Gasteiger charge is 2.48. The van der Waals surface area contributed by atoms with Gasteiger partial charge in [0.05, 0.1) is 18.2 Å². The summed E-state index contributed by atoms with van der Waals surface area (Å²) in [6.45, 7) is 1.97. The number of nitrogens with zero attached hydrogens (tertiary/aromatic N) is 1. The first-order valence-electron chi connectivity index (χ1n) is 9.88. The number of fused-ring (bicyclic) bond motifs is 1. The summed E-state index contributed by atoms with van der Waals surface area (Å²) in [5, 5.41) is 20.8. The molecule has 1 fully saturated rings. The van der Waals surface area contributed by atoms with Crippen molar-refractivity contribution in [3.05, 3.63) is 70.8 Å². The zero-order chi connectivity index (χ0) is 19.8. The smallest absolute Gasteiger partial charge is 0.313 e. The summed E-state index contributed by atoms with van der Waals surface area (Å²) in [6.07, 6.45) is 2.53. The lowest BCUT2D eigenvalue weighted by atomic mass is 9.77. The number of benzene rings is 2. The number of aliphatic hydroxyl groups is 1. The quantitative estimate of drug-likeness (QED) is 0.853. The molecular weight excluding hydrogens is 354 g/mol. The summed E-state index contributed by atoms with van der Waals surface area (Å²) in [7, 11) is 0. The van der Waals surface area contributed by atoms with Gasteiger partial charge in [-0.1, -0.05) is 60.9 Å². The zero-order valence-electron chi connectivity index (χ0n) is 15.9. The van der Waals surface area contributed by atoms with Crippen molar-refractivity contribution >= 4 is 11.9 Å². The van der Waals surface area contributed by atoms with Crippen molar-refractivity contribution in [2.45, 2.75) is 56.7 Å². The molecule has 2 N–H and O–H groups in total. The fraction of sp³-hybridized carbons (Fsp3) is 0.391. The highest BCUT2D eigenvalue weighted by Crippen LogP contribution is 2.45. The Morgan fingerprint density at radius 1 is 1.04 bits per heavy atom. The van der Waals surface area contributed by atoms with Crippen molar-refractivity contribution in [3.8, 4) is 0 Å². The Bertz CT molecular complexity index is 892. The summed E-state index contributed by atoms with van der Waals surface area (Å²) < 4.78 is 0. The molecule has 1 aliphatic heterocycles. The molecule has 0 saturated heterocycles. The Morgan fingerprint density at radius 2 is 1.71 bits per heavy atom. The molecule has 2 aromatic rings. The molecule has 2 aliphatic rings. The maximum Gasteiger partial charge on any atom is 0.313 e. The van der Waals surface area contributed by atoms with Gasteiger partial charge in [0.1, 0.15) is 5.92 Å². The molecule has 5 nitrogen and oxygen atoms in total. The minimum Gasteiger partial charge on any atom is -0.481 e. The normalized spacial score (nSPS) is 27.4. The number of aliphatic carboxylic acids is 1. The largest absolute Gasteiger partial charge is 0.481 e. The van der Waals surface area contributed by atoms with Gasteiger partial charge >= 0.3 is 5.97 Å². The number of aryl methyl sites for hydroxylation is 1. The average molecular weight is 379 g/mol. The molecule has 0 spiro atoms. The first-order chi connectivity index (χ1) is 13.5. The molecule has 1 saturated carbocycles. The van der Waals surface area contributed by atoms with Crippen molar-refractivity contribution < 1.29 is 19.8 Å². The number of aliphatic hydroxyl groups excluding tert-OH is 1. The lowest BCUT2D eigenvalue weighted by Crippen LogP contribution is -2.54. The molecule has 0 aromatic heterocycles. The van der Waals surface area contributed by atoms with Gasteiger partial charge in [0, 0.05) is 5.56 Å². The second-order valence-electron chi connectivity index (χ2n) is 7.89. The van der Waals surface area contributed by atoms with E-state index in [4.69, 9.17) is 0 Å². The molecule has 2 aromatic carbocycles. The molecule has 1 heterocycles. The second-order valence-corrected chi connectivity index (χ2v) is 7.89. The van der Waals surface area contributed by atoms with Gasteiger partial charge < -0.3 is 15.1 Å². The van der Waals surface area contributed by atoms with E-state index in [1.165, 1.54) is 0 Å². The Kier molecular flexibility index (Phi) is 4.94. The SMILES string of the molecule is Cc1ccc(C2C(C(=O)O)c3ccccc3C(=O)N2C2CCCCC2O)cc1. The molecule has 28 heavy (non-hydrogen) atoms. The van der Waals surface area contributed by atoms with Crippen LogP contribution in [-0.4, -0.2) is 39.1 Å². The van der Waals surface area contributed by atoms with Gasteiger partial charge in [-0.25, -0.2) is 0 Å². The topological polar surface area (TPSA) is 77.8 Å². The second kappa shape index (κ2) is 7.40. The van der Waals surface area contributed by atoms with E-state index in [0.29, 0.717) is 24.0 Å². The highest BCUT2D eigenvalue weighted by atomic mass is 16.4. The van der Waals surface area contributed by atoms with Crippen molar-refractivity contribution in [1.29, 1.82) is 0 Å². The average Bonchev–Trinajstić information content (AvgIpc) is 2.69. The van der Waals surface area contributed by atoms with Crippen LogP contribution in [0.2, 0.25) is 0 Å². The van der Waals surface area contributed by atoms with Crippen LogP contribution in [0.25, 0.3) is 0 Å². The minimum absolute atomic E-state index is 0.190. The predicted octanol–water partition coefficient (Wildman–Crippen LogP) is 3.66. The van der Waals surface area contributed by atoms with Crippen LogP contribution in [0.5, 0.6) is 0 Å². The van der Waals surface area contributed by atoms with Crippen LogP contribution in [0.15, 0.2) is 48.5 Å². The number of hydrogen-bond donors (Lipinski definition) is 2. The summed E-state index contributed by atoms with van der Waals surface area (Å²) in [4.78, 5) is 27.5. The zero-order valence-corrected chi connectivity index (χ0v) is 15.9. The first-order valence-corrected chi connectivity index (χ1v) is 9.88. The Labute approximate surface area is 164 Å². The molecule has 4 rings (SSSR count). The van der Waals surface area contributed by atoms with E-state index in [1.54, 1.807) is 29.2 Å². The van der Waals surface area contributed by atoms with Gasteiger partial charge in [-0.05, 0) is 37.0 Å². The molecule has 0 radical (unpaired) electrons. The number of amides is 1. The Hall–Kier alpha value is -2.66. The molecular formula is C23H25NO4. The van der Waals surface area contributed by atoms with Gasteiger partial charge in [-0.3, -0.25) is 9.59 Å². The van der Waals surface area contributed by atoms with Crippen molar-refractivity contribution in [3.63, 3.8) is 0 Å². The van der Waals surface area contributed by atoms with E-state index in [0.717, 1.165) is 24.0 Å². The van der Waals surface area contributed by atoms with E-state index in [2.05, 4.69) is 0 Å². The van der Waals surface area contributed by atoms with Crippen molar-refractivity contribution in [2.24, 2.45) is 0 Å². The molecule has 4 unspecified atom stereocenters. The fourth-order valence-corrected chi connectivity index (χ4v) is 4.72. The summed E-state index contributed by atoms with van der Waals surface area (Å²) in [5.74, 6) is -2.02. The molecule has 1 aliphatic carbocycles. The van der Waals surface area contributed by atoms with E-state index in [-0.39, 0.29) is 11.9 Å². The van der Waals surface area contributed by atoms with Gasteiger partial charge in [-0.2, -0.15) is 0 Å². The Morgan fingerprint density at radius 3 is 2.39 bits per heavy atom. The van der Waals surface area contributed by atoms with Crippen molar-refractivity contribution in [2.75, 3.05) is 0 Å². The van der Waals surface area contributed by atoms with Gasteiger partial charge in [0.15, 0.2) is 0 Å². The molecule has 0 bridgehead atoms. The van der Waals surface area contributed by atoms with Crippen molar-refractivity contribution in [1.82, 2.24) is 4.90 Å². The van der Waals surface area contributed by atoms with Crippen LogP contribution < -0.4 is 0 Å². The number of carboxylic acids is 1. The predicted molar refractivity (Wildman–Crippen MR) is 105 cm³/mol. The minimum atomic E-state index is -0.958. The van der Waals surface area contributed by atoms with Crippen LogP contribution in [0, 0.1) is 6.92 Å². The van der Waals surface area contributed by atoms with E-state index >= 15 is 0 Å². The third kappa shape index (κ3) is 3.10. The maximum absolute atomic E-state index is 13.5. The molecule has 1 amide bonds. The first kappa shape index (κ1) is 18.7. The van der Waals surface area contributed by atoms with Crippen LogP contribution in [0.1, 0.15) is 64.7 Å². The number of carbonyl (C=O) groups excluding carboxylic acids is 1. The molecule has 146 valence electrons. The maximum atomic E-state index is 13.5. The van der Waals surface area contributed by atoms with Crippen LogP contribution >= 0.6 is 0 Å². The third-order valence-electron chi connectivity index (χ3n) is 6.11. The van der Waals surface area contributed by atoms with Crippen LogP contribution in [-0.2, 0) is 4.79 Å². The fourth-order valence-electron chi connectivity index (χ4n) is 4.72. The van der Waals surface area contributed by atoms with Gasteiger partial charge in [0.25, 0.3) is 5.91 Å². The molecule has 5 heteroatoms.